The van der Waals surface area contributed by atoms with Crippen LogP contribution < -0.4 is 0 Å². The maximum Gasteiger partial charge on any atom is 0.242 e. The number of hydrogen-bond acceptors (Lipinski definition) is 3. The second-order valence-corrected chi connectivity index (χ2v) is 6.28. The lowest BCUT2D eigenvalue weighted by atomic mass is 10.0. The van der Waals surface area contributed by atoms with Gasteiger partial charge in [0, 0.05) is 22.8 Å². The van der Waals surface area contributed by atoms with Crippen molar-refractivity contribution in [2.75, 3.05) is 0 Å². The van der Waals surface area contributed by atoms with E-state index in [1.165, 1.54) is 11.3 Å². The van der Waals surface area contributed by atoms with Gasteiger partial charge in [0.2, 0.25) is 6.43 Å². The van der Waals surface area contributed by atoms with Gasteiger partial charge in [-0.1, -0.05) is 32.0 Å². The molecular formula is C17H15F2N2S. The minimum atomic E-state index is -2.43. The van der Waals surface area contributed by atoms with Crippen molar-refractivity contribution in [2.45, 2.75) is 32.6 Å². The average Bonchev–Trinajstić information content (AvgIpc) is 2.96. The van der Waals surface area contributed by atoms with Crippen LogP contribution in [-0.2, 0) is 6.42 Å². The molecule has 0 amide bonds. The maximum atomic E-state index is 12.9. The van der Waals surface area contributed by atoms with Crippen LogP contribution in [0.1, 0.15) is 31.0 Å². The molecule has 2 nitrogen and oxygen atoms in total. The summed E-state index contributed by atoms with van der Waals surface area (Å²) in [5.74, 6) is 0.306. The van der Waals surface area contributed by atoms with Crippen LogP contribution in [0.4, 0.5) is 8.78 Å². The molecule has 3 aromatic rings. The smallest absolute Gasteiger partial charge is 0.242 e. The topological polar surface area (TPSA) is 25.8 Å². The van der Waals surface area contributed by atoms with Crippen LogP contribution in [0.15, 0.2) is 29.6 Å². The largest absolute Gasteiger partial charge is 0.246 e. The van der Waals surface area contributed by atoms with E-state index in [2.05, 4.69) is 30.0 Å². The Bertz CT molecular complexity index is 796. The summed E-state index contributed by atoms with van der Waals surface area (Å²) in [6.45, 7) is 4.13. The van der Waals surface area contributed by atoms with Gasteiger partial charge in [0.25, 0.3) is 0 Å². The zero-order valence-electron chi connectivity index (χ0n) is 12.3. The van der Waals surface area contributed by atoms with Gasteiger partial charge in [0.1, 0.15) is 5.01 Å². The first-order valence-corrected chi connectivity index (χ1v) is 7.97. The van der Waals surface area contributed by atoms with Crippen molar-refractivity contribution in [3.05, 3.63) is 47.1 Å². The minimum absolute atomic E-state index is 0.306. The first kappa shape index (κ1) is 15.0. The van der Waals surface area contributed by atoms with Gasteiger partial charge in [-0.05, 0) is 17.5 Å². The Hall–Kier alpha value is -1.88. The van der Waals surface area contributed by atoms with E-state index in [1.807, 2.05) is 29.6 Å². The van der Waals surface area contributed by atoms with Gasteiger partial charge in [-0.2, -0.15) is 0 Å². The number of rotatable bonds is 4. The molecule has 0 bridgehead atoms. The lowest BCUT2D eigenvalue weighted by Gasteiger charge is -2.10. The molecule has 113 valence electrons. The Morgan fingerprint density at radius 1 is 1.23 bits per heavy atom. The van der Waals surface area contributed by atoms with E-state index in [4.69, 9.17) is 0 Å². The Morgan fingerprint density at radius 3 is 2.68 bits per heavy atom. The van der Waals surface area contributed by atoms with Crippen molar-refractivity contribution < 1.29 is 8.78 Å². The van der Waals surface area contributed by atoms with Gasteiger partial charge >= 0.3 is 0 Å². The summed E-state index contributed by atoms with van der Waals surface area (Å²) in [6.07, 6.45) is -0.000638. The number of benzene rings is 1. The fourth-order valence-electron chi connectivity index (χ4n) is 2.34. The quantitative estimate of drug-likeness (QED) is 0.670. The normalized spacial score (nSPS) is 11.7. The fourth-order valence-corrected chi connectivity index (χ4v) is 3.41. The van der Waals surface area contributed by atoms with Crippen LogP contribution in [0.3, 0.4) is 0 Å². The molecule has 0 aliphatic carbocycles. The Balaban J connectivity index is 2.22. The number of hydrogen-bond donors (Lipinski definition) is 0. The summed E-state index contributed by atoms with van der Waals surface area (Å²) in [4.78, 5) is 8.80. The molecule has 0 unspecified atom stereocenters. The Morgan fingerprint density at radius 2 is 2.00 bits per heavy atom. The molecule has 1 radical (unpaired) electrons. The lowest BCUT2D eigenvalue weighted by Crippen LogP contribution is -2.01. The van der Waals surface area contributed by atoms with Crippen molar-refractivity contribution in [1.82, 2.24) is 9.97 Å². The highest BCUT2D eigenvalue weighted by Crippen LogP contribution is 2.35. The first-order valence-electron chi connectivity index (χ1n) is 7.09. The van der Waals surface area contributed by atoms with Gasteiger partial charge < -0.3 is 0 Å². The summed E-state index contributed by atoms with van der Waals surface area (Å²) in [6, 6.07) is 7.52. The zero-order chi connectivity index (χ0) is 15.7. The highest BCUT2D eigenvalue weighted by molar-refractivity contribution is 7.13. The number of aromatic nitrogens is 2. The third-order valence-corrected chi connectivity index (χ3v) is 4.35. The molecule has 0 saturated heterocycles. The van der Waals surface area contributed by atoms with Gasteiger partial charge in [0.05, 0.1) is 17.4 Å². The standard InChI is InChI=1S/C17H15F2N2S/c1-10(2)14-9-22-17(21-14)16-11(7-15(18)19)8-20-13-6-4-3-5-12(13)16/h3-6,9-10,15H,7H2,1-2H3. The van der Waals surface area contributed by atoms with Gasteiger partial charge in [0.15, 0.2) is 0 Å². The summed E-state index contributed by atoms with van der Waals surface area (Å²) >= 11 is 1.48. The number of alkyl halides is 2. The van der Waals surface area contributed by atoms with Crippen molar-refractivity contribution in [3.8, 4) is 10.6 Å². The van der Waals surface area contributed by atoms with Gasteiger partial charge in [-0.3, -0.25) is 0 Å². The van der Waals surface area contributed by atoms with E-state index in [1.54, 1.807) is 0 Å². The van der Waals surface area contributed by atoms with Crippen molar-refractivity contribution in [3.63, 3.8) is 0 Å². The highest BCUT2D eigenvalue weighted by atomic mass is 32.1. The number of fused-ring (bicyclic) bond motifs is 1. The van der Waals surface area contributed by atoms with Crippen LogP contribution in [0.5, 0.6) is 0 Å². The van der Waals surface area contributed by atoms with E-state index in [0.29, 0.717) is 11.5 Å². The van der Waals surface area contributed by atoms with Crippen molar-refractivity contribution in [1.29, 1.82) is 0 Å². The second kappa shape index (κ2) is 6.08. The van der Waals surface area contributed by atoms with Crippen molar-refractivity contribution in [2.24, 2.45) is 0 Å². The van der Waals surface area contributed by atoms with E-state index in [-0.39, 0.29) is 6.42 Å². The highest BCUT2D eigenvalue weighted by Gasteiger charge is 2.18. The summed E-state index contributed by atoms with van der Waals surface area (Å²) in [7, 11) is 0. The van der Waals surface area contributed by atoms with E-state index < -0.39 is 6.43 Å². The van der Waals surface area contributed by atoms with Crippen LogP contribution in [-0.4, -0.2) is 16.4 Å². The summed E-state index contributed by atoms with van der Waals surface area (Å²) < 4.78 is 25.8. The Kier molecular flexibility index (Phi) is 4.16. The number of halogens is 2. The van der Waals surface area contributed by atoms with Crippen LogP contribution >= 0.6 is 11.3 Å². The first-order chi connectivity index (χ1) is 10.6. The van der Waals surface area contributed by atoms with Crippen LogP contribution in [0.2, 0.25) is 0 Å². The molecule has 0 N–H and O–H groups in total. The third-order valence-electron chi connectivity index (χ3n) is 3.47. The van der Waals surface area contributed by atoms with E-state index in [0.717, 1.165) is 27.2 Å². The number of pyridine rings is 1. The molecule has 0 atom stereocenters. The van der Waals surface area contributed by atoms with Crippen LogP contribution in [0.25, 0.3) is 21.5 Å². The molecule has 0 saturated carbocycles. The minimum Gasteiger partial charge on any atom is -0.246 e. The predicted octanol–water partition coefficient (Wildman–Crippen LogP) is 5.09. The summed E-state index contributed by atoms with van der Waals surface area (Å²) in [5.41, 5.74) is 2.89. The average molecular weight is 317 g/mol. The molecular weight excluding hydrogens is 302 g/mol. The zero-order valence-corrected chi connectivity index (χ0v) is 13.1. The SMILES string of the molecule is CC(C)c1csc(-c2c(CC(F)F)[c]nc3ccccc23)n1. The monoisotopic (exact) mass is 317 g/mol. The molecule has 0 aliphatic rings. The lowest BCUT2D eigenvalue weighted by molar-refractivity contribution is 0.149. The predicted molar refractivity (Wildman–Crippen MR) is 85.5 cm³/mol. The van der Waals surface area contributed by atoms with E-state index in [9.17, 15) is 8.78 Å². The third kappa shape index (κ3) is 2.86. The number of para-hydroxylation sites is 1. The number of thiazole rings is 1. The molecule has 3 rings (SSSR count). The van der Waals surface area contributed by atoms with Gasteiger partial charge in [-0.25, -0.2) is 18.7 Å². The molecule has 0 fully saturated rings. The van der Waals surface area contributed by atoms with Crippen LogP contribution in [0, 0.1) is 6.20 Å². The molecule has 5 heteroatoms. The molecule has 22 heavy (non-hydrogen) atoms. The van der Waals surface area contributed by atoms with Gasteiger partial charge in [-0.15, -0.1) is 11.3 Å². The molecule has 2 aromatic heterocycles. The number of nitrogens with zero attached hydrogens (tertiary/aromatic N) is 2. The maximum absolute atomic E-state index is 12.9. The molecule has 1 aromatic carbocycles. The fraction of sp³-hybridized carbons (Fsp3) is 0.294. The molecule has 0 aliphatic heterocycles. The second-order valence-electron chi connectivity index (χ2n) is 5.42. The summed E-state index contributed by atoms with van der Waals surface area (Å²) in [5, 5.41) is 3.59. The van der Waals surface area contributed by atoms with Crippen molar-refractivity contribution >= 4 is 22.2 Å². The molecule has 2 heterocycles. The molecule has 0 spiro atoms. The Labute approximate surface area is 131 Å². The van der Waals surface area contributed by atoms with E-state index >= 15 is 0 Å².